The van der Waals surface area contributed by atoms with E-state index in [0.29, 0.717) is 18.6 Å². The molecule has 1 heterocycles. The highest BCUT2D eigenvalue weighted by Gasteiger charge is 2.47. The van der Waals surface area contributed by atoms with E-state index in [4.69, 9.17) is 14.2 Å². The molecule has 0 aromatic heterocycles. The fourth-order valence-corrected chi connectivity index (χ4v) is 3.95. The van der Waals surface area contributed by atoms with Crippen molar-refractivity contribution in [1.29, 1.82) is 0 Å². The SMILES string of the molecule is CCN(CC)CC1C(O)CCC2C(=O)C(Oc3ccc(OC)cc3)=COC21. The maximum atomic E-state index is 13.0. The molecule has 1 aliphatic heterocycles. The Morgan fingerprint density at radius 2 is 1.81 bits per heavy atom. The molecule has 6 nitrogen and oxygen atoms in total. The molecule has 0 saturated heterocycles. The number of benzene rings is 1. The van der Waals surface area contributed by atoms with Crippen LogP contribution in [-0.4, -0.2) is 54.7 Å². The van der Waals surface area contributed by atoms with E-state index in [1.54, 1.807) is 31.4 Å². The molecule has 3 rings (SSSR count). The van der Waals surface area contributed by atoms with Crippen LogP contribution in [0.25, 0.3) is 0 Å². The Morgan fingerprint density at radius 3 is 2.44 bits per heavy atom. The van der Waals surface area contributed by atoms with E-state index in [-0.39, 0.29) is 29.5 Å². The van der Waals surface area contributed by atoms with Crippen LogP contribution < -0.4 is 9.47 Å². The number of fused-ring (bicyclic) bond motifs is 1. The number of carbonyl (C=O) groups excluding carboxylic acids is 1. The van der Waals surface area contributed by atoms with E-state index in [1.165, 1.54) is 6.26 Å². The van der Waals surface area contributed by atoms with Gasteiger partial charge in [-0.25, -0.2) is 0 Å². The Labute approximate surface area is 160 Å². The number of allylic oxidation sites excluding steroid dienone is 1. The number of Topliss-reactive ketones (excluding diaryl/α,β-unsaturated/α-hetero) is 1. The first-order chi connectivity index (χ1) is 13.1. The minimum absolute atomic E-state index is 0.0430. The summed E-state index contributed by atoms with van der Waals surface area (Å²) in [6.45, 7) is 6.75. The van der Waals surface area contributed by atoms with Gasteiger partial charge in [0.1, 0.15) is 23.9 Å². The number of carbonyl (C=O) groups is 1. The van der Waals surface area contributed by atoms with Gasteiger partial charge >= 0.3 is 0 Å². The summed E-state index contributed by atoms with van der Waals surface area (Å²) >= 11 is 0. The zero-order valence-electron chi connectivity index (χ0n) is 16.3. The van der Waals surface area contributed by atoms with Gasteiger partial charge in [0.25, 0.3) is 0 Å². The second-order valence-electron chi connectivity index (χ2n) is 7.13. The second-order valence-corrected chi connectivity index (χ2v) is 7.13. The molecular weight excluding hydrogens is 346 g/mol. The first-order valence-corrected chi connectivity index (χ1v) is 9.69. The molecular formula is C21H29NO5. The highest BCUT2D eigenvalue weighted by Crippen LogP contribution is 2.38. The fourth-order valence-electron chi connectivity index (χ4n) is 3.95. The van der Waals surface area contributed by atoms with E-state index in [9.17, 15) is 9.90 Å². The molecule has 1 fully saturated rings. The van der Waals surface area contributed by atoms with Gasteiger partial charge in [0, 0.05) is 12.5 Å². The summed E-state index contributed by atoms with van der Waals surface area (Å²) < 4.78 is 16.8. The summed E-state index contributed by atoms with van der Waals surface area (Å²) in [6, 6.07) is 7.08. The van der Waals surface area contributed by atoms with Crippen molar-refractivity contribution >= 4 is 5.78 Å². The summed E-state index contributed by atoms with van der Waals surface area (Å²) in [5, 5.41) is 10.5. The van der Waals surface area contributed by atoms with Crippen molar-refractivity contribution < 1.29 is 24.1 Å². The molecule has 6 heteroatoms. The van der Waals surface area contributed by atoms with Crippen molar-refractivity contribution in [1.82, 2.24) is 4.90 Å². The van der Waals surface area contributed by atoms with Gasteiger partial charge < -0.3 is 24.2 Å². The third-order valence-electron chi connectivity index (χ3n) is 5.65. The van der Waals surface area contributed by atoms with Crippen molar-refractivity contribution in [2.75, 3.05) is 26.7 Å². The zero-order valence-corrected chi connectivity index (χ0v) is 16.3. The lowest BCUT2D eigenvalue weighted by atomic mass is 9.73. The van der Waals surface area contributed by atoms with Crippen molar-refractivity contribution in [3.8, 4) is 11.5 Å². The lowest BCUT2D eigenvalue weighted by Gasteiger charge is -2.43. The monoisotopic (exact) mass is 375 g/mol. The lowest BCUT2D eigenvalue weighted by Crippen LogP contribution is -2.52. The average molecular weight is 375 g/mol. The minimum atomic E-state index is -0.447. The third-order valence-corrected chi connectivity index (χ3v) is 5.65. The molecule has 1 aromatic carbocycles. The molecule has 0 radical (unpaired) electrons. The lowest BCUT2D eigenvalue weighted by molar-refractivity contribution is -0.139. The Hall–Kier alpha value is -2.05. The number of hydrogen-bond donors (Lipinski definition) is 1. The molecule has 1 N–H and O–H groups in total. The molecule has 0 amide bonds. The average Bonchev–Trinajstić information content (AvgIpc) is 2.70. The van der Waals surface area contributed by atoms with Crippen LogP contribution in [0.2, 0.25) is 0 Å². The van der Waals surface area contributed by atoms with Crippen LogP contribution in [0.3, 0.4) is 0 Å². The van der Waals surface area contributed by atoms with Gasteiger partial charge in [-0.3, -0.25) is 4.79 Å². The summed E-state index contributed by atoms with van der Waals surface area (Å²) in [5.41, 5.74) is 0. The van der Waals surface area contributed by atoms with Crippen molar-refractivity contribution in [2.24, 2.45) is 11.8 Å². The van der Waals surface area contributed by atoms with Crippen molar-refractivity contribution in [3.63, 3.8) is 0 Å². The van der Waals surface area contributed by atoms with Crippen LogP contribution in [0.4, 0.5) is 0 Å². The smallest absolute Gasteiger partial charge is 0.208 e. The molecule has 1 aliphatic carbocycles. The Bertz CT molecular complexity index is 668. The van der Waals surface area contributed by atoms with Gasteiger partial charge in [-0.05, 0) is 50.2 Å². The molecule has 2 aliphatic rings. The van der Waals surface area contributed by atoms with E-state index >= 15 is 0 Å². The first kappa shape index (κ1) is 19.7. The molecule has 4 atom stereocenters. The van der Waals surface area contributed by atoms with Crippen LogP contribution in [-0.2, 0) is 9.53 Å². The summed E-state index contributed by atoms with van der Waals surface area (Å²) in [7, 11) is 1.60. The number of rotatable bonds is 7. The van der Waals surface area contributed by atoms with E-state index in [2.05, 4.69) is 18.7 Å². The van der Waals surface area contributed by atoms with Crippen LogP contribution >= 0.6 is 0 Å². The van der Waals surface area contributed by atoms with E-state index < -0.39 is 6.10 Å². The van der Waals surface area contributed by atoms with Crippen LogP contribution in [0.15, 0.2) is 36.3 Å². The van der Waals surface area contributed by atoms with Gasteiger partial charge in [-0.2, -0.15) is 0 Å². The number of ether oxygens (including phenoxy) is 3. The number of aliphatic hydroxyl groups is 1. The van der Waals surface area contributed by atoms with Crippen LogP contribution in [0, 0.1) is 11.8 Å². The van der Waals surface area contributed by atoms with E-state index in [0.717, 1.165) is 25.4 Å². The molecule has 1 saturated carbocycles. The highest BCUT2D eigenvalue weighted by molar-refractivity contribution is 5.96. The third kappa shape index (κ3) is 4.28. The number of hydrogen-bond acceptors (Lipinski definition) is 6. The van der Waals surface area contributed by atoms with Crippen LogP contribution in [0.5, 0.6) is 11.5 Å². The quantitative estimate of drug-likeness (QED) is 0.790. The number of methoxy groups -OCH3 is 1. The largest absolute Gasteiger partial charge is 0.497 e. The van der Waals surface area contributed by atoms with Gasteiger partial charge in [0.2, 0.25) is 11.5 Å². The molecule has 1 aromatic rings. The van der Waals surface area contributed by atoms with Gasteiger partial charge in [0.15, 0.2) is 0 Å². The predicted molar refractivity (Wildman–Crippen MR) is 102 cm³/mol. The maximum Gasteiger partial charge on any atom is 0.208 e. The van der Waals surface area contributed by atoms with Crippen molar-refractivity contribution in [2.45, 2.75) is 38.9 Å². The molecule has 0 spiro atoms. The maximum absolute atomic E-state index is 13.0. The number of ketones is 1. The first-order valence-electron chi connectivity index (χ1n) is 9.69. The number of aliphatic hydroxyl groups excluding tert-OH is 1. The van der Waals surface area contributed by atoms with Crippen LogP contribution in [0.1, 0.15) is 26.7 Å². The highest BCUT2D eigenvalue weighted by atomic mass is 16.5. The number of nitrogens with zero attached hydrogens (tertiary/aromatic N) is 1. The normalized spacial score (nSPS) is 27.6. The molecule has 148 valence electrons. The fraction of sp³-hybridized carbons (Fsp3) is 0.571. The molecule has 4 unspecified atom stereocenters. The molecule has 0 bridgehead atoms. The Morgan fingerprint density at radius 1 is 1.15 bits per heavy atom. The summed E-state index contributed by atoms with van der Waals surface area (Å²) in [4.78, 5) is 15.2. The second kappa shape index (κ2) is 8.76. The predicted octanol–water partition coefficient (Wildman–Crippen LogP) is 2.61. The Balaban J connectivity index is 1.73. The Kier molecular flexibility index (Phi) is 6.39. The van der Waals surface area contributed by atoms with Gasteiger partial charge in [-0.1, -0.05) is 13.8 Å². The van der Waals surface area contributed by atoms with Crippen molar-refractivity contribution in [3.05, 3.63) is 36.3 Å². The summed E-state index contributed by atoms with van der Waals surface area (Å²) in [5.74, 6) is 1.12. The zero-order chi connectivity index (χ0) is 19.4. The van der Waals surface area contributed by atoms with E-state index in [1.807, 2.05) is 0 Å². The molecule has 27 heavy (non-hydrogen) atoms. The minimum Gasteiger partial charge on any atom is -0.497 e. The van der Waals surface area contributed by atoms with Gasteiger partial charge in [-0.15, -0.1) is 0 Å². The standard InChI is InChI=1S/C21H29NO5/c1-4-22(5-2)12-17-18(23)11-10-16-20(24)19(13-26-21(16)17)27-15-8-6-14(25-3)7-9-15/h6-9,13,16-18,21,23H,4-5,10-12H2,1-3H3. The van der Waals surface area contributed by atoms with Gasteiger partial charge in [0.05, 0.1) is 19.1 Å². The topological polar surface area (TPSA) is 68.2 Å². The summed E-state index contributed by atoms with van der Waals surface area (Å²) in [6.07, 6.45) is 1.89.